The Hall–Kier alpha value is -4.12. The number of carbonyl (C=O) groups excluding carboxylic acids is 3. The van der Waals surface area contributed by atoms with Gasteiger partial charge in [0.05, 0.1) is 42.4 Å². The molecule has 0 aliphatic heterocycles. The summed E-state index contributed by atoms with van der Waals surface area (Å²) in [6.07, 6.45) is 1.78. The van der Waals surface area contributed by atoms with Crippen molar-refractivity contribution in [2.75, 3.05) is 25.3 Å². The molecule has 0 saturated heterocycles. The number of nitrogens with zero attached hydrogens (tertiary/aromatic N) is 2. The molecule has 168 valence electrons. The van der Waals surface area contributed by atoms with Crippen molar-refractivity contribution in [3.63, 3.8) is 0 Å². The van der Waals surface area contributed by atoms with Crippen LogP contribution in [0.5, 0.6) is 0 Å². The maximum Gasteiger partial charge on any atom is 0.339 e. The van der Waals surface area contributed by atoms with Crippen LogP contribution in [0.25, 0.3) is 22.4 Å². The van der Waals surface area contributed by atoms with Gasteiger partial charge in [0.15, 0.2) is 0 Å². The van der Waals surface area contributed by atoms with Gasteiger partial charge in [-0.2, -0.15) is 0 Å². The molecule has 0 fully saturated rings. The molecule has 33 heavy (non-hydrogen) atoms. The summed E-state index contributed by atoms with van der Waals surface area (Å²) in [7, 11) is 2.46. The summed E-state index contributed by atoms with van der Waals surface area (Å²) in [5.74, 6) is -1.45. The average molecular weight is 466 g/mol. The lowest BCUT2D eigenvalue weighted by Gasteiger charge is -2.11. The lowest BCUT2D eigenvalue weighted by molar-refractivity contribution is -0.113. The van der Waals surface area contributed by atoms with Gasteiger partial charge in [0.2, 0.25) is 5.91 Å². The fourth-order valence-corrected chi connectivity index (χ4v) is 3.68. The first-order valence-electron chi connectivity index (χ1n) is 9.63. The van der Waals surface area contributed by atoms with Crippen LogP contribution in [0.1, 0.15) is 20.7 Å². The maximum atomic E-state index is 12.5. The van der Waals surface area contributed by atoms with Crippen LogP contribution in [-0.2, 0) is 14.3 Å². The van der Waals surface area contributed by atoms with Gasteiger partial charge in [0.25, 0.3) is 11.1 Å². The number of thioether (sulfide) groups is 1. The van der Waals surface area contributed by atoms with Gasteiger partial charge in [-0.05, 0) is 24.3 Å². The second-order valence-corrected chi connectivity index (χ2v) is 7.63. The van der Waals surface area contributed by atoms with Crippen LogP contribution in [0, 0.1) is 0 Å². The Labute approximate surface area is 191 Å². The third-order valence-electron chi connectivity index (χ3n) is 4.67. The van der Waals surface area contributed by atoms with Crippen molar-refractivity contribution in [2.24, 2.45) is 0 Å². The molecule has 2 N–H and O–H groups in total. The SMILES string of the molecule is COC(=O)c1ccc(C(=O)OC)c(NC(=O)CSc2nnc(-c3c[nH]c4ccccc34)o2)c1. The summed E-state index contributed by atoms with van der Waals surface area (Å²) in [5, 5.41) is 11.8. The number of nitrogens with one attached hydrogen (secondary N) is 2. The highest BCUT2D eigenvalue weighted by Crippen LogP contribution is 2.29. The topological polar surface area (TPSA) is 136 Å². The lowest BCUT2D eigenvalue weighted by Crippen LogP contribution is -2.18. The quantitative estimate of drug-likeness (QED) is 0.310. The molecule has 0 bridgehead atoms. The van der Waals surface area contributed by atoms with E-state index in [1.54, 1.807) is 6.20 Å². The number of ether oxygens (including phenoxy) is 2. The van der Waals surface area contributed by atoms with Crippen LogP contribution >= 0.6 is 11.8 Å². The first-order valence-corrected chi connectivity index (χ1v) is 10.6. The van der Waals surface area contributed by atoms with Gasteiger partial charge in [-0.25, -0.2) is 9.59 Å². The van der Waals surface area contributed by atoms with Crippen LogP contribution in [-0.4, -0.2) is 53.0 Å². The summed E-state index contributed by atoms with van der Waals surface area (Å²) in [4.78, 5) is 39.5. The predicted molar refractivity (Wildman–Crippen MR) is 120 cm³/mol. The van der Waals surface area contributed by atoms with Gasteiger partial charge < -0.3 is 24.2 Å². The summed E-state index contributed by atoms with van der Waals surface area (Å²) in [6, 6.07) is 11.8. The van der Waals surface area contributed by atoms with E-state index < -0.39 is 17.8 Å². The standard InChI is InChI=1S/C22H18N4O6S/c1-30-20(28)12-7-8-14(21(29)31-2)17(9-12)24-18(27)11-33-22-26-25-19(32-22)15-10-23-16-6-4-3-5-13(15)16/h3-10,23H,11H2,1-2H3,(H,24,27). The smallest absolute Gasteiger partial charge is 0.339 e. The Morgan fingerprint density at radius 1 is 1.06 bits per heavy atom. The van der Waals surface area contributed by atoms with Gasteiger partial charge >= 0.3 is 11.9 Å². The van der Waals surface area contributed by atoms with E-state index in [4.69, 9.17) is 9.15 Å². The second kappa shape index (κ2) is 9.57. The molecule has 1 amide bonds. The van der Waals surface area contributed by atoms with E-state index in [9.17, 15) is 14.4 Å². The van der Waals surface area contributed by atoms with E-state index >= 15 is 0 Å². The molecule has 10 nitrogen and oxygen atoms in total. The number of benzene rings is 2. The van der Waals surface area contributed by atoms with E-state index in [0.29, 0.717) is 5.89 Å². The third kappa shape index (κ3) is 4.72. The lowest BCUT2D eigenvalue weighted by atomic mass is 10.1. The fourth-order valence-electron chi connectivity index (χ4n) is 3.12. The molecule has 0 atom stereocenters. The Balaban J connectivity index is 1.46. The van der Waals surface area contributed by atoms with Crippen molar-refractivity contribution >= 4 is 46.2 Å². The van der Waals surface area contributed by atoms with Gasteiger partial charge in [-0.15, -0.1) is 10.2 Å². The molecule has 0 spiro atoms. The van der Waals surface area contributed by atoms with E-state index in [1.807, 2.05) is 24.3 Å². The molecule has 2 aromatic carbocycles. The third-order valence-corrected chi connectivity index (χ3v) is 5.49. The minimum Gasteiger partial charge on any atom is -0.465 e. The number of carbonyl (C=O) groups is 3. The molecule has 2 heterocycles. The molecule has 0 unspecified atom stereocenters. The van der Waals surface area contributed by atoms with Gasteiger partial charge in [-0.3, -0.25) is 4.79 Å². The van der Waals surface area contributed by atoms with Gasteiger partial charge in [0.1, 0.15) is 0 Å². The molecule has 2 aromatic heterocycles. The van der Waals surface area contributed by atoms with Crippen LogP contribution in [0.4, 0.5) is 5.69 Å². The molecule has 0 radical (unpaired) electrons. The first kappa shape index (κ1) is 22.1. The van der Waals surface area contributed by atoms with Gasteiger partial charge in [-0.1, -0.05) is 30.0 Å². The highest BCUT2D eigenvalue weighted by atomic mass is 32.2. The predicted octanol–water partition coefficient (Wildman–Crippen LogP) is 3.52. The highest BCUT2D eigenvalue weighted by Gasteiger charge is 2.19. The first-order chi connectivity index (χ1) is 16.0. The van der Waals surface area contributed by atoms with Crippen molar-refractivity contribution < 1.29 is 28.3 Å². The van der Waals surface area contributed by atoms with Crippen molar-refractivity contribution in [3.05, 3.63) is 59.8 Å². The summed E-state index contributed by atoms with van der Waals surface area (Å²) in [6.45, 7) is 0. The minimum absolute atomic E-state index is 0.0709. The zero-order valence-electron chi connectivity index (χ0n) is 17.6. The highest BCUT2D eigenvalue weighted by molar-refractivity contribution is 7.99. The zero-order chi connectivity index (χ0) is 23.4. The summed E-state index contributed by atoms with van der Waals surface area (Å²) >= 11 is 1.04. The van der Waals surface area contributed by atoms with Crippen molar-refractivity contribution in [1.82, 2.24) is 15.2 Å². The number of anilines is 1. The number of H-pyrrole nitrogens is 1. The number of aromatic nitrogens is 3. The number of amides is 1. The van der Waals surface area contributed by atoms with Crippen LogP contribution in [0.2, 0.25) is 0 Å². The number of rotatable bonds is 7. The fraction of sp³-hybridized carbons (Fsp3) is 0.136. The molecule has 4 aromatic rings. The monoisotopic (exact) mass is 466 g/mol. The Morgan fingerprint density at radius 3 is 2.64 bits per heavy atom. The van der Waals surface area contributed by atoms with E-state index in [0.717, 1.165) is 28.2 Å². The number of hydrogen-bond donors (Lipinski definition) is 2. The average Bonchev–Trinajstić information content (AvgIpc) is 3.48. The Bertz CT molecular complexity index is 1350. The van der Waals surface area contributed by atoms with Gasteiger partial charge in [0, 0.05) is 17.1 Å². The van der Waals surface area contributed by atoms with Crippen LogP contribution in [0.3, 0.4) is 0 Å². The Kier molecular flexibility index (Phi) is 6.41. The summed E-state index contributed by atoms with van der Waals surface area (Å²) < 4.78 is 15.1. The molecule has 11 heteroatoms. The van der Waals surface area contributed by atoms with E-state index in [1.165, 1.54) is 32.4 Å². The number of fused-ring (bicyclic) bond motifs is 1. The molecule has 4 rings (SSSR count). The normalized spacial score (nSPS) is 10.7. The molecular weight excluding hydrogens is 448 g/mol. The number of esters is 2. The number of methoxy groups -OCH3 is 2. The maximum absolute atomic E-state index is 12.5. The largest absolute Gasteiger partial charge is 0.465 e. The molecular formula is C22H18N4O6S. The molecule has 0 aliphatic carbocycles. The zero-order valence-corrected chi connectivity index (χ0v) is 18.4. The second-order valence-electron chi connectivity index (χ2n) is 6.70. The van der Waals surface area contributed by atoms with E-state index in [-0.39, 0.29) is 27.8 Å². The van der Waals surface area contributed by atoms with Crippen molar-refractivity contribution in [1.29, 1.82) is 0 Å². The number of aromatic amines is 1. The van der Waals surface area contributed by atoms with Crippen LogP contribution in [0.15, 0.2) is 58.3 Å². The van der Waals surface area contributed by atoms with E-state index in [2.05, 4.69) is 25.2 Å². The van der Waals surface area contributed by atoms with Crippen molar-refractivity contribution in [3.8, 4) is 11.5 Å². The summed E-state index contributed by atoms with van der Waals surface area (Å²) in [5.41, 5.74) is 2.10. The molecule has 0 saturated carbocycles. The molecule has 0 aliphatic rings. The number of para-hydroxylation sites is 1. The minimum atomic E-state index is -0.658. The number of hydrogen-bond acceptors (Lipinski definition) is 9. The van der Waals surface area contributed by atoms with Crippen molar-refractivity contribution in [2.45, 2.75) is 5.22 Å². The Morgan fingerprint density at radius 2 is 1.85 bits per heavy atom. The van der Waals surface area contributed by atoms with Crippen LogP contribution < -0.4 is 5.32 Å².